The van der Waals surface area contributed by atoms with Gasteiger partial charge in [-0.2, -0.15) is 11.8 Å². The second kappa shape index (κ2) is 9.42. The molecule has 0 aliphatic carbocycles. The number of aliphatic hydroxyl groups is 1. The molecule has 1 aliphatic rings. The maximum Gasteiger partial charge on any atom is 0.302 e. The number of carbonyl (C=O) groups is 1. The number of esters is 1. The van der Waals surface area contributed by atoms with Gasteiger partial charge in [0.1, 0.15) is 18.8 Å². The number of rotatable bonds is 7. The van der Waals surface area contributed by atoms with E-state index in [2.05, 4.69) is 13.8 Å². The molecule has 1 fully saturated rings. The van der Waals surface area contributed by atoms with Gasteiger partial charge in [-0.15, -0.1) is 0 Å². The normalized spacial score (nSPS) is 27.2. The first-order valence-corrected chi connectivity index (χ1v) is 9.18. The predicted molar refractivity (Wildman–Crippen MR) is 93.7 cm³/mol. The van der Waals surface area contributed by atoms with Gasteiger partial charge in [0, 0.05) is 12.2 Å². The molecule has 1 aromatic carbocycles. The quantitative estimate of drug-likeness (QED) is 0.760. The van der Waals surface area contributed by atoms with Crippen LogP contribution in [0.4, 0.5) is 0 Å². The molecule has 4 atom stereocenters. The molecule has 5 nitrogen and oxygen atoms in total. The van der Waals surface area contributed by atoms with Crippen molar-refractivity contribution in [1.82, 2.24) is 0 Å². The van der Waals surface area contributed by atoms with E-state index in [1.54, 1.807) is 11.8 Å². The average Bonchev–Trinajstić information content (AvgIpc) is 2.53. The zero-order valence-corrected chi connectivity index (χ0v) is 15.2. The Morgan fingerprint density at radius 3 is 2.71 bits per heavy atom. The largest absolute Gasteiger partial charge is 0.463 e. The molecule has 1 N–H and O–H groups in total. The Bertz CT molecular complexity index is 507. The molecule has 0 amide bonds. The molecule has 0 bridgehead atoms. The summed E-state index contributed by atoms with van der Waals surface area (Å²) in [5.74, 6) is -0.334. The number of thioether (sulfide) groups is 1. The van der Waals surface area contributed by atoms with Crippen LogP contribution in [0.1, 0.15) is 32.8 Å². The molecule has 0 saturated carbocycles. The van der Waals surface area contributed by atoms with Crippen LogP contribution in [0.2, 0.25) is 0 Å². The zero-order valence-electron chi connectivity index (χ0n) is 14.4. The minimum absolute atomic E-state index is 0.0657. The number of aliphatic hydroxyl groups excluding tert-OH is 1. The van der Waals surface area contributed by atoms with Gasteiger partial charge in [0.25, 0.3) is 0 Å². The molecule has 6 heteroatoms. The minimum Gasteiger partial charge on any atom is -0.463 e. The molecule has 24 heavy (non-hydrogen) atoms. The third-order valence-corrected chi connectivity index (χ3v) is 5.06. The van der Waals surface area contributed by atoms with Gasteiger partial charge in [-0.25, -0.2) is 0 Å². The molecule has 1 aliphatic heterocycles. The van der Waals surface area contributed by atoms with E-state index >= 15 is 0 Å². The van der Waals surface area contributed by atoms with E-state index in [1.165, 1.54) is 6.92 Å². The molecule has 0 aromatic heterocycles. The monoisotopic (exact) mass is 354 g/mol. The molecule has 0 spiro atoms. The Morgan fingerprint density at radius 2 is 2.08 bits per heavy atom. The predicted octanol–water partition coefficient (Wildman–Crippen LogP) is 2.75. The Morgan fingerprint density at radius 1 is 1.38 bits per heavy atom. The second-order valence-corrected chi connectivity index (χ2v) is 7.99. The topological polar surface area (TPSA) is 65.0 Å². The van der Waals surface area contributed by atoms with Gasteiger partial charge in [-0.05, 0) is 17.2 Å². The van der Waals surface area contributed by atoms with Crippen molar-refractivity contribution in [2.24, 2.45) is 0 Å². The third-order valence-electron chi connectivity index (χ3n) is 3.67. The van der Waals surface area contributed by atoms with Gasteiger partial charge >= 0.3 is 5.97 Å². The molecule has 134 valence electrons. The van der Waals surface area contributed by atoms with Crippen LogP contribution in [0.15, 0.2) is 30.3 Å². The summed E-state index contributed by atoms with van der Waals surface area (Å²) in [6.07, 6.45) is -1.15. The van der Waals surface area contributed by atoms with E-state index in [9.17, 15) is 9.90 Å². The summed E-state index contributed by atoms with van der Waals surface area (Å²) in [7, 11) is 0. The summed E-state index contributed by atoms with van der Waals surface area (Å²) >= 11 is 1.72. The molecule has 1 heterocycles. The number of hydrogen-bond acceptors (Lipinski definition) is 6. The van der Waals surface area contributed by atoms with Crippen molar-refractivity contribution in [2.45, 2.75) is 62.8 Å². The summed E-state index contributed by atoms with van der Waals surface area (Å²) < 4.78 is 16.8. The fourth-order valence-electron chi connectivity index (χ4n) is 2.59. The highest BCUT2D eigenvalue weighted by atomic mass is 32.2. The lowest BCUT2D eigenvalue weighted by atomic mass is 10.1. The summed E-state index contributed by atoms with van der Waals surface area (Å²) in [4.78, 5) is 11.1. The summed E-state index contributed by atoms with van der Waals surface area (Å²) in [5, 5.41) is 10.8. The fourth-order valence-corrected chi connectivity index (χ4v) is 3.92. The third kappa shape index (κ3) is 6.09. The number of hydrogen-bond donors (Lipinski definition) is 1. The van der Waals surface area contributed by atoms with Crippen LogP contribution >= 0.6 is 11.8 Å². The Kier molecular flexibility index (Phi) is 7.55. The van der Waals surface area contributed by atoms with Crippen molar-refractivity contribution in [3.05, 3.63) is 35.9 Å². The maximum absolute atomic E-state index is 11.1. The van der Waals surface area contributed by atoms with Crippen molar-refractivity contribution >= 4 is 17.7 Å². The van der Waals surface area contributed by atoms with E-state index in [0.717, 1.165) is 5.56 Å². The first-order valence-electron chi connectivity index (χ1n) is 8.23. The first-order chi connectivity index (χ1) is 11.5. The highest BCUT2D eigenvalue weighted by Crippen LogP contribution is 2.33. The molecule has 2 rings (SSSR count). The van der Waals surface area contributed by atoms with Crippen LogP contribution in [0, 0.1) is 0 Å². The second-order valence-electron chi connectivity index (χ2n) is 6.17. The maximum atomic E-state index is 11.1. The van der Waals surface area contributed by atoms with E-state index in [0.29, 0.717) is 18.3 Å². The van der Waals surface area contributed by atoms with Crippen LogP contribution < -0.4 is 0 Å². The van der Waals surface area contributed by atoms with Crippen molar-refractivity contribution in [3.63, 3.8) is 0 Å². The van der Waals surface area contributed by atoms with Gasteiger partial charge in [-0.1, -0.05) is 44.2 Å². The van der Waals surface area contributed by atoms with Gasteiger partial charge in [0.2, 0.25) is 0 Å². The fraction of sp³-hybridized carbons (Fsp3) is 0.611. The lowest BCUT2D eigenvalue weighted by Crippen LogP contribution is -2.49. The number of ether oxygens (including phenoxy) is 3. The minimum atomic E-state index is -0.713. The first kappa shape index (κ1) is 19.2. The van der Waals surface area contributed by atoms with E-state index in [4.69, 9.17) is 14.2 Å². The lowest BCUT2D eigenvalue weighted by Gasteiger charge is -2.39. The number of carbonyl (C=O) groups excluding carboxylic acids is 1. The van der Waals surface area contributed by atoms with Crippen molar-refractivity contribution in [3.8, 4) is 0 Å². The highest BCUT2D eigenvalue weighted by Gasteiger charge is 2.39. The summed E-state index contributed by atoms with van der Waals surface area (Å²) in [5.41, 5.74) is 1.02. The summed E-state index contributed by atoms with van der Waals surface area (Å²) in [6.45, 7) is 6.12. The Labute approximate surface area is 147 Å². The van der Waals surface area contributed by atoms with Crippen LogP contribution in [-0.2, 0) is 25.6 Å². The molecular formula is C18H26O5S. The van der Waals surface area contributed by atoms with Crippen LogP contribution in [-0.4, -0.2) is 46.7 Å². The Balaban J connectivity index is 1.95. The van der Waals surface area contributed by atoms with Crippen LogP contribution in [0.3, 0.4) is 0 Å². The van der Waals surface area contributed by atoms with Crippen LogP contribution in [0.25, 0.3) is 0 Å². The van der Waals surface area contributed by atoms with Gasteiger partial charge in [0.15, 0.2) is 6.29 Å². The molecule has 0 unspecified atom stereocenters. The number of benzene rings is 1. The average molecular weight is 354 g/mol. The van der Waals surface area contributed by atoms with Gasteiger partial charge in [-0.3, -0.25) is 4.79 Å². The zero-order chi connectivity index (χ0) is 17.5. The van der Waals surface area contributed by atoms with E-state index in [-0.39, 0.29) is 23.9 Å². The standard InChI is InChI=1S/C18H26O5S/c1-12(2)24-17-9-15(20)18(23-16(17)11-21-13(3)19)22-10-14-7-5-4-6-8-14/h4-8,12,15-18,20H,9-11H2,1-3H3/t15-,16-,17-,18+/m1/s1. The molecule has 0 radical (unpaired) electrons. The SMILES string of the molecule is CC(=O)OC[C@H]1O[C@H](OCc2ccccc2)[C@H](O)C[C@H]1SC(C)C. The Hall–Kier alpha value is -1.08. The van der Waals surface area contributed by atoms with Crippen LogP contribution in [0.5, 0.6) is 0 Å². The smallest absolute Gasteiger partial charge is 0.302 e. The van der Waals surface area contributed by atoms with Crippen molar-refractivity contribution in [1.29, 1.82) is 0 Å². The van der Waals surface area contributed by atoms with Gasteiger partial charge in [0.05, 0.1) is 6.61 Å². The van der Waals surface area contributed by atoms with E-state index < -0.39 is 12.4 Å². The lowest BCUT2D eigenvalue weighted by molar-refractivity contribution is -0.248. The summed E-state index contributed by atoms with van der Waals surface area (Å²) in [6, 6.07) is 9.75. The highest BCUT2D eigenvalue weighted by molar-refractivity contribution is 8.00. The molecule has 1 aromatic rings. The van der Waals surface area contributed by atoms with Crippen molar-refractivity contribution < 1.29 is 24.1 Å². The van der Waals surface area contributed by atoms with Gasteiger partial charge < -0.3 is 19.3 Å². The molecular weight excluding hydrogens is 328 g/mol. The van der Waals surface area contributed by atoms with E-state index in [1.807, 2.05) is 30.3 Å². The van der Waals surface area contributed by atoms with Crippen molar-refractivity contribution in [2.75, 3.05) is 6.61 Å². The molecule has 1 saturated heterocycles.